The summed E-state index contributed by atoms with van der Waals surface area (Å²) in [6, 6.07) is 16.1. The molecular formula is C23H18N4O3. The Morgan fingerprint density at radius 1 is 1.13 bits per heavy atom. The van der Waals surface area contributed by atoms with Crippen molar-refractivity contribution in [3.05, 3.63) is 83.6 Å². The Balaban J connectivity index is 1.48. The van der Waals surface area contributed by atoms with E-state index in [-0.39, 0.29) is 6.04 Å². The second-order valence-electron chi connectivity index (χ2n) is 7.32. The van der Waals surface area contributed by atoms with Crippen molar-refractivity contribution >= 4 is 5.90 Å². The Morgan fingerprint density at radius 2 is 2.03 bits per heavy atom. The first-order valence-corrected chi connectivity index (χ1v) is 9.76. The smallest absolute Gasteiger partial charge is 0.238 e. The van der Waals surface area contributed by atoms with Crippen molar-refractivity contribution in [1.82, 2.24) is 14.7 Å². The van der Waals surface area contributed by atoms with Gasteiger partial charge in [0.25, 0.3) is 0 Å². The molecule has 7 nitrogen and oxygen atoms in total. The summed E-state index contributed by atoms with van der Waals surface area (Å²) in [6.45, 7) is 0.512. The van der Waals surface area contributed by atoms with Gasteiger partial charge in [-0.3, -0.25) is 0 Å². The fraction of sp³-hybridized carbons (Fsp3) is 0.174. The van der Waals surface area contributed by atoms with Crippen molar-refractivity contribution in [2.75, 3.05) is 13.7 Å². The van der Waals surface area contributed by atoms with Crippen molar-refractivity contribution in [2.24, 2.45) is 4.99 Å². The van der Waals surface area contributed by atoms with Gasteiger partial charge in [-0.25, -0.2) is 9.98 Å². The highest BCUT2D eigenvalue weighted by Crippen LogP contribution is 2.38. The van der Waals surface area contributed by atoms with E-state index in [2.05, 4.69) is 26.8 Å². The molecule has 0 aliphatic carbocycles. The molecule has 0 amide bonds. The molecule has 0 radical (unpaired) electrons. The van der Waals surface area contributed by atoms with Gasteiger partial charge in [0, 0.05) is 17.5 Å². The van der Waals surface area contributed by atoms with Gasteiger partial charge in [-0.05, 0) is 23.8 Å². The maximum absolute atomic E-state index is 5.98. The van der Waals surface area contributed by atoms with Crippen LogP contribution in [-0.4, -0.2) is 34.3 Å². The van der Waals surface area contributed by atoms with E-state index in [4.69, 9.17) is 19.0 Å². The first-order chi connectivity index (χ1) is 14.8. The van der Waals surface area contributed by atoms with Crippen molar-refractivity contribution in [3.8, 4) is 22.8 Å². The lowest BCUT2D eigenvalue weighted by molar-refractivity contribution is 0.319. The zero-order chi connectivity index (χ0) is 20.1. The molecule has 0 unspecified atom stereocenters. The number of imidazole rings is 1. The molecule has 0 bridgehead atoms. The maximum atomic E-state index is 5.98. The quantitative estimate of drug-likeness (QED) is 0.460. The lowest BCUT2D eigenvalue weighted by atomic mass is 10.1. The maximum Gasteiger partial charge on any atom is 0.238 e. The molecule has 2 aromatic heterocycles. The number of nitrogens with zero attached hydrogens (tertiary/aromatic N) is 4. The number of benzene rings is 2. The molecular weight excluding hydrogens is 380 g/mol. The number of rotatable bonds is 3. The molecule has 6 rings (SSSR count). The largest absolute Gasteiger partial charge is 0.497 e. The highest BCUT2D eigenvalue weighted by molar-refractivity contribution is 5.95. The molecule has 4 aromatic rings. The normalized spacial score (nSPS) is 16.7. The zero-order valence-corrected chi connectivity index (χ0v) is 16.3. The molecule has 1 atom stereocenters. The van der Waals surface area contributed by atoms with E-state index in [1.807, 2.05) is 42.7 Å². The van der Waals surface area contributed by atoms with Crippen LogP contribution in [0.25, 0.3) is 17.0 Å². The van der Waals surface area contributed by atoms with Crippen LogP contribution in [0.15, 0.2) is 70.6 Å². The fourth-order valence-electron chi connectivity index (χ4n) is 4.10. The summed E-state index contributed by atoms with van der Waals surface area (Å²) in [5.41, 5.74) is 5.75. The molecule has 148 valence electrons. The number of methoxy groups -OCH3 is 1. The Kier molecular flexibility index (Phi) is 3.74. The molecule has 0 saturated heterocycles. The average Bonchev–Trinajstić information content (AvgIpc) is 3.53. The molecule has 30 heavy (non-hydrogen) atoms. The summed E-state index contributed by atoms with van der Waals surface area (Å²) < 4.78 is 19.1. The number of hydrogen-bond acceptors (Lipinski definition) is 6. The van der Waals surface area contributed by atoms with E-state index in [0.717, 1.165) is 45.3 Å². The van der Waals surface area contributed by atoms with Gasteiger partial charge < -0.3 is 18.6 Å². The van der Waals surface area contributed by atoms with Crippen LogP contribution in [0.4, 0.5) is 0 Å². The van der Waals surface area contributed by atoms with Crippen LogP contribution < -0.4 is 4.74 Å². The van der Waals surface area contributed by atoms with Gasteiger partial charge in [0.2, 0.25) is 5.90 Å². The SMILES string of the molecule is COc1ccc2c(c1)-c1oncc1Cc1c(C3=N[C@@H](c4ccccc4)CO3)ncn1-2. The molecule has 0 N–H and O–H groups in total. The number of ether oxygens (including phenoxy) is 2. The third-order valence-corrected chi connectivity index (χ3v) is 5.61. The van der Waals surface area contributed by atoms with Gasteiger partial charge in [0.15, 0.2) is 5.76 Å². The van der Waals surface area contributed by atoms with E-state index in [9.17, 15) is 0 Å². The summed E-state index contributed by atoms with van der Waals surface area (Å²) in [4.78, 5) is 9.50. The summed E-state index contributed by atoms with van der Waals surface area (Å²) >= 11 is 0. The number of aliphatic imine (C=N–C) groups is 1. The third kappa shape index (κ3) is 2.55. The summed E-state index contributed by atoms with van der Waals surface area (Å²) in [6.07, 6.45) is 4.19. The minimum Gasteiger partial charge on any atom is -0.497 e. The lowest BCUT2D eigenvalue weighted by Gasteiger charge is -2.10. The topological polar surface area (TPSA) is 74.7 Å². The van der Waals surface area contributed by atoms with Crippen molar-refractivity contribution in [3.63, 3.8) is 0 Å². The van der Waals surface area contributed by atoms with E-state index in [0.29, 0.717) is 18.9 Å². The number of hydrogen-bond donors (Lipinski definition) is 0. The summed E-state index contributed by atoms with van der Waals surface area (Å²) in [7, 11) is 1.65. The van der Waals surface area contributed by atoms with E-state index >= 15 is 0 Å². The molecule has 2 aliphatic rings. The van der Waals surface area contributed by atoms with Crippen LogP contribution in [0.1, 0.15) is 28.6 Å². The highest BCUT2D eigenvalue weighted by Gasteiger charge is 2.30. The van der Waals surface area contributed by atoms with Gasteiger partial charge in [0.05, 0.1) is 24.7 Å². The Bertz CT molecular complexity index is 1270. The summed E-state index contributed by atoms with van der Waals surface area (Å²) in [5, 5.41) is 4.03. The van der Waals surface area contributed by atoms with Crippen LogP contribution in [0.3, 0.4) is 0 Å². The van der Waals surface area contributed by atoms with Crippen LogP contribution >= 0.6 is 0 Å². The van der Waals surface area contributed by atoms with Crippen LogP contribution in [0.2, 0.25) is 0 Å². The van der Waals surface area contributed by atoms with Gasteiger partial charge >= 0.3 is 0 Å². The lowest BCUT2D eigenvalue weighted by Crippen LogP contribution is -2.08. The number of fused-ring (bicyclic) bond motifs is 5. The Hall–Kier alpha value is -3.87. The number of aromatic nitrogens is 3. The molecule has 2 aromatic carbocycles. The fourth-order valence-corrected chi connectivity index (χ4v) is 4.10. The predicted molar refractivity (Wildman–Crippen MR) is 110 cm³/mol. The molecule has 0 saturated carbocycles. The first-order valence-electron chi connectivity index (χ1n) is 9.76. The Morgan fingerprint density at radius 3 is 2.90 bits per heavy atom. The second kappa shape index (κ2) is 6.59. The van der Waals surface area contributed by atoms with Gasteiger partial charge in [0.1, 0.15) is 30.4 Å². The van der Waals surface area contributed by atoms with Crippen molar-refractivity contribution < 1.29 is 14.0 Å². The minimum absolute atomic E-state index is 0.0213. The summed E-state index contributed by atoms with van der Waals surface area (Å²) in [5.74, 6) is 2.08. The standard InChI is InChI=1S/C23H18N4O3/c1-28-16-7-8-19-17(10-16)22-15(11-25-30-22)9-20-21(24-13-27(19)20)23-26-18(12-29-23)14-5-3-2-4-6-14/h2-8,10-11,13,18H,9,12H2,1H3/t18-/m1/s1. The van der Waals surface area contributed by atoms with Crippen molar-refractivity contribution in [2.45, 2.75) is 12.5 Å². The van der Waals surface area contributed by atoms with Crippen LogP contribution in [0.5, 0.6) is 5.75 Å². The van der Waals surface area contributed by atoms with Gasteiger partial charge in [-0.15, -0.1) is 0 Å². The molecule has 2 aliphatic heterocycles. The monoisotopic (exact) mass is 398 g/mol. The first kappa shape index (κ1) is 17.0. The molecule has 0 fully saturated rings. The second-order valence-corrected chi connectivity index (χ2v) is 7.32. The zero-order valence-electron chi connectivity index (χ0n) is 16.3. The van der Waals surface area contributed by atoms with Crippen LogP contribution in [-0.2, 0) is 11.2 Å². The van der Waals surface area contributed by atoms with E-state index in [1.54, 1.807) is 13.3 Å². The molecule has 0 spiro atoms. The van der Waals surface area contributed by atoms with Gasteiger partial charge in [-0.1, -0.05) is 35.5 Å². The molecule has 4 heterocycles. The van der Waals surface area contributed by atoms with Gasteiger partial charge in [-0.2, -0.15) is 0 Å². The average molecular weight is 398 g/mol. The third-order valence-electron chi connectivity index (χ3n) is 5.61. The minimum atomic E-state index is -0.0213. The van der Waals surface area contributed by atoms with Crippen LogP contribution in [0, 0.1) is 0 Å². The predicted octanol–water partition coefficient (Wildman–Crippen LogP) is 3.96. The molecule has 7 heteroatoms. The van der Waals surface area contributed by atoms with E-state index < -0.39 is 0 Å². The highest BCUT2D eigenvalue weighted by atomic mass is 16.5. The van der Waals surface area contributed by atoms with Crippen molar-refractivity contribution in [1.29, 1.82) is 0 Å². The van der Waals surface area contributed by atoms with E-state index in [1.165, 1.54) is 0 Å². The Labute approximate surface area is 172 Å².